The second kappa shape index (κ2) is 6.49. The summed E-state index contributed by atoms with van der Waals surface area (Å²) in [6.45, 7) is 3.58. The third kappa shape index (κ3) is 2.92. The first-order valence-electron chi connectivity index (χ1n) is 9.27. The normalized spacial score (nSPS) is 19.3. The van der Waals surface area contributed by atoms with Crippen LogP contribution in [-0.4, -0.2) is 57.8 Å². The molecule has 2 heterocycles. The first kappa shape index (κ1) is 17.7. The van der Waals surface area contributed by atoms with Crippen LogP contribution in [0.15, 0.2) is 42.7 Å². The number of benzene rings is 1. The van der Waals surface area contributed by atoms with Gasteiger partial charge in [-0.2, -0.15) is 5.10 Å². The molecule has 0 unspecified atom stereocenters. The van der Waals surface area contributed by atoms with Gasteiger partial charge in [0.1, 0.15) is 5.54 Å². The fourth-order valence-corrected chi connectivity index (χ4v) is 3.93. The summed E-state index contributed by atoms with van der Waals surface area (Å²) in [5.41, 5.74) is 0.243. The van der Waals surface area contributed by atoms with Gasteiger partial charge >= 0.3 is 0 Å². The van der Waals surface area contributed by atoms with Crippen molar-refractivity contribution in [3.05, 3.63) is 53.9 Å². The average molecular weight is 368 g/mol. The van der Waals surface area contributed by atoms with E-state index in [1.165, 1.54) is 0 Å². The Morgan fingerprint density at radius 3 is 2.44 bits per heavy atom. The van der Waals surface area contributed by atoms with E-state index in [4.69, 9.17) is 4.74 Å². The van der Waals surface area contributed by atoms with E-state index in [-0.39, 0.29) is 17.4 Å². The average Bonchev–Trinajstić information content (AvgIpc) is 3.33. The van der Waals surface area contributed by atoms with Crippen molar-refractivity contribution >= 4 is 11.8 Å². The molecule has 27 heavy (non-hydrogen) atoms. The molecule has 4 rings (SSSR count). The fourth-order valence-electron chi connectivity index (χ4n) is 3.93. The molecule has 1 saturated carbocycles. The Morgan fingerprint density at radius 1 is 1.19 bits per heavy atom. The van der Waals surface area contributed by atoms with Crippen molar-refractivity contribution in [2.45, 2.75) is 37.5 Å². The van der Waals surface area contributed by atoms with Gasteiger partial charge in [-0.15, -0.1) is 0 Å². The number of ether oxygens (including phenoxy) is 1. The molecule has 1 aromatic carbocycles. The van der Waals surface area contributed by atoms with E-state index in [2.05, 4.69) is 10.4 Å². The number of amides is 2. The van der Waals surface area contributed by atoms with E-state index in [0.717, 1.165) is 19.4 Å². The van der Waals surface area contributed by atoms with Gasteiger partial charge in [0.05, 0.1) is 17.4 Å². The van der Waals surface area contributed by atoms with E-state index >= 15 is 0 Å². The first-order chi connectivity index (χ1) is 13.0. The van der Waals surface area contributed by atoms with E-state index in [1.54, 1.807) is 41.2 Å². The van der Waals surface area contributed by atoms with Crippen molar-refractivity contribution in [3.8, 4) is 0 Å². The summed E-state index contributed by atoms with van der Waals surface area (Å²) >= 11 is 0. The van der Waals surface area contributed by atoms with Crippen LogP contribution in [0.1, 0.15) is 40.5 Å². The molecule has 0 bridgehead atoms. The number of hydrogen-bond donors (Lipinski definition) is 1. The number of nitrogens with zero attached hydrogens (tertiary/aromatic N) is 3. The van der Waals surface area contributed by atoms with Crippen LogP contribution in [-0.2, 0) is 11.3 Å². The number of carbonyl (C=O) groups excluding carboxylic acids is 2. The van der Waals surface area contributed by atoms with Gasteiger partial charge in [-0.05, 0) is 31.9 Å². The zero-order valence-corrected chi connectivity index (χ0v) is 15.6. The Kier molecular flexibility index (Phi) is 4.26. The Bertz CT molecular complexity index is 851. The first-order valence-corrected chi connectivity index (χ1v) is 9.27. The highest BCUT2D eigenvalue weighted by molar-refractivity contribution is 5.97. The molecule has 0 radical (unpaired) electrons. The summed E-state index contributed by atoms with van der Waals surface area (Å²) in [5.74, 6) is -0.198. The molecule has 1 aliphatic heterocycles. The van der Waals surface area contributed by atoms with Crippen LogP contribution < -0.4 is 5.32 Å². The Hall–Kier alpha value is -2.67. The van der Waals surface area contributed by atoms with Gasteiger partial charge in [0.15, 0.2) is 0 Å². The highest BCUT2D eigenvalue weighted by atomic mass is 16.5. The maximum atomic E-state index is 12.8. The number of hydrogen-bond acceptors (Lipinski definition) is 4. The molecular formula is C20H24N4O3. The number of likely N-dealkylation sites (tertiary alicyclic amines) is 1. The monoisotopic (exact) mass is 368 g/mol. The second-order valence-electron chi connectivity index (χ2n) is 7.35. The van der Waals surface area contributed by atoms with E-state index in [9.17, 15) is 9.59 Å². The number of rotatable bonds is 6. The van der Waals surface area contributed by atoms with Crippen molar-refractivity contribution in [3.63, 3.8) is 0 Å². The Balaban J connectivity index is 1.51. The van der Waals surface area contributed by atoms with Crippen LogP contribution in [0.5, 0.6) is 0 Å². The molecule has 7 heteroatoms. The van der Waals surface area contributed by atoms with Crippen molar-refractivity contribution in [2.24, 2.45) is 0 Å². The van der Waals surface area contributed by atoms with Gasteiger partial charge in [0.25, 0.3) is 11.8 Å². The molecule has 0 spiro atoms. The van der Waals surface area contributed by atoms with Crippen LogP contribution in [0, 0.1) is 0 Å². The highest BCUT2D eigenvalue weighted by Gasteiger charge is 2.66. The molecule has 2 amide bonds. The van der Waals surface area contributed by atoms with Crippen LogP contribution in [0.2, 0.25) is 0 Å². The van der Waals surface area contributed by atoms with Gasteiger partial charge in [-0.1, -0.05) is 18.2 Å². The minimum absolute atomic E-state index is 0.0637. The number of methoxy groups -OCH3 is 1. The van der Waals surface area contributed by atoms with E-state index < -0.39 is 5.54 Å². The number of nitrogens with one attached hydrogen (secondary N) is 1. The van der Waals surface area contributed by atoms with E-state index in [0.29, 0.717) is 24.2 Å². The molecule has 1 saturated heterocycles. The molecule has 1 aliphatic carbocycles. The molecule has 0 atom stereocenters. The summed E-state index contributed by atoms with van der Waals surface area (Å²) < 4.78 is 7.51. The summed E-state index contributed by atoms with van der Waals surface area (Å²) in [5, 5.41) is 7.35. The summed E-state index contributed by atoms with van der Waals surface area (Å²) in [4.78, 5) is 27.3. The Morgan fingerprint density at radius 2 is 1.89 bits per heavy atom. The van der Waals surface area contributed by atoms with Gasteiger partial charge in [0.2, 0.25) is 0 Å². The molecule has 2 aromatic rings. The lowest BCUT2D eigenvalue weighted by molar-refractivity contribution is -0.0709. The number of aromatic nitrogens is 2. The van der Waals surface area contributed by atoms with Crippen molar-refractivity contribution in [1.82, 2.24) is 20.0 Å². The van der Waals surface area contributed by atoms with Crippen LogP contribution in [0.3, 0.4) is 0 Å². The largest absolute Gasteiger partial charge is 0.376 e. The lowest BCUT2D eigenvalue weighted by atomic mass is 9.80. The van der Waals surface area contributed by atoms with Crippen LogP contribution in [0.4, 0.5) is 0 Å². The topological polar surface area (TPSA) is 76.5 Å². The smallest absolute Gasteiger partial charge is 0.257 e. The number of aryl methyl sites for hydroxylation is 1. The van der Waals surface area contributed by atoms with Gasteiger partial charge in [-0.25, -0.2) is 0 Å². The van der Waals surface area contributed by atoms with Gasteiger partial charge in [-0.3, -0.25) is 14.3 Å². The predicted molar refractivity (Wildman–Crippen MR) is 99.4 cm³/mol. The third-order valence-corrected chi connectivity index (χ3v) is 5.77. The molecule has 2 fully saturated rings. The second-order valence-corrected chi connectivity index (χ2v) is 7.35. The molecule has 7 nitrogen and oxygen atoms in total. The standard InChI is InChI=1S/C20H24N4O3/c1-3-24-12-16(11-21-24)18(26)23-13-19(14-23,20(27-2)9-10-20)22-17(25)15-7-5-4-6-8-15/h4-8,11-12H,3,9-10,13-14H2,1-2H3,(H,22,25). The quantitative estimate of drug-likeness (QED) is 0.842. The third-order valence-electron chi connectivity index (χ3n) is 5.77. The summed E-state index contributed by atoms with van der Waals surface area (Å²) in [7, 11) is 1.68. The lowest BCUT2D eigenvalue weighted by Crippen LogP contribution is -2.77. The SMILES string of the molecule is CCn1cc(C(=O)N2CC(NC(=O)c3ccccc3)(C3(OC)CC3)C2)cn1. The fraction of sp³-hybridized carbons (Fsp3) is 0.450. The van der Waals surface area contributed by atoms with Crippen molar-refractivity contribution < 1.29 is 14.3 Å². The van der Waals surface area contributed by atoms with Crippen LogP contribution >= 0.6 is 0 Å². The lowest BCUT2D eigenvalue weighted by Gasteiger charge is -2.54. The van der Waals surface area contributed by atoms with Crippen molar-refractivity contribution in [2.75, 3.05) is 20.2 Å². The predicted octanol–water partition coefficient (Wildman–Crippen LogP) is 1.71. The summed E-state index contributed by atoms with van der Waals surface area (Å²) in [6.07, 6.45) is 5.12. The molecule has 1 aromatic heterocycles. The van der Waals surface area contributed by atoms with Crippen molar-refractivity contribution in [1.29, 1.82) is 0 Å². The highest BCUT2D eigenvalue weighted by Crippen LogP contribution is 2.51. The zero-order valence-electron chi connectivity index (χ0n) is 15.6. The molecule has 2 aliphatic rings. The maximum absolute atomic E-state index is 12.8. The minimum atomic E-state index is -0.551. The molecule has 142 valence electrons. The molecular weight excluding hydrogens is 344 g/mol. The Labute approximate surface area is 158 Å². The van der Waals surface area contributed by atoms with Gasteiger partial charge in [0, 0.05) is 38.5 Å². The summed E-state index contributed by atoms with van der Waals surface area (Å²) in [6, 6.07) is 9.14. The van der Waals surface area contributed by atoms with E-state index in [1.807, 2.05) is 25.1 Å². The zero-order chi connectivity index (χ0) is 19.1. The van der Waals surface area contributed by atoms with Gasteiger partial charge < -0.3 is 15.0 Å². The maximum Gasteiger partial charge on any atom is 0.257 e. The minimum Gasteiger partial charge on any atom is -0.376 e. The number of carbonyl (C=O) groups is 2. The van der Waals surface area contributed by atoms with Crippen LogP contribution in [0.25, 0.3) is 0 Å². The molecule has 1 N–H and O–H groups in total.